The standard InChI is InChI=1S/C26H29F3N5/c1-15-12-16(2)22(17(3)13-15)33-24-20(6-5-11-30-24)32-21(23(26(27,28)29)31-25(32)33)14-34(4,18-7-8-18)19-9-10-19/h5-6,11-13,18-19H,7-10,14H2,1-4H3/q+1. The third kappa shape index (κ3) is 3.18. The molecular weight excluding hydrogens is 439 g/mol. The smallest absolute Gasteiger partial charge is 0.316 e. The number of benzene rings is 1. The average Bonchev–Trinajstić information content (AvgIpc) is 3.66. The number of hydrogen-bond donors (Lipinski definition) is 0. The first-order valence-corrected chi connectivity index (χ1v) is 12.0. The van der Waals surface area contributed by atoms with E-state index in [2.05, 4.69) is 29.1 Å². The quantitative estimate of drug-likeness (QED) is 0.343. The Morgan fingerprint density at radius 1 is 1.03 bits per heavy atom. The van der Waals surface area contributed by atoms with E-state index in [1.54, 1.807) is 16.7 Å². The molecule has 2 aliphatic carbocycles. The number of nitrogens with zero attached hydrogens (tertiary/aromatic N) is 5. The van der Waals surface area contributed by atoms with E-state index in [1.165, 1.54) is 0 Å². The Bertz CT molecular complexity index is 1400. The number of alkyl halides is 3. The van der Waals surface area contributed by atoms with Crippen molar-refractivity contribution in [2.24, 2.45) is 0 Å². The van der Waals surface area contributed by atoms with Crippen molar-refractivity contribution in [2.75, 3.05) is 7.05 Å². The number of halogens is 3. The van der Waals surface area contributed by atoms with Gasteiger partial charge in [0.15, 0.2) is 11.3 Å². The lowest BCUT2D eigenvalue weighted by Gasteiger charge is -2.35. The van der Waals surface area contributed by atoms with E-state index in [1.807, 2.05) is 31.4 Å². The van der Waals surface area contributed by atoms with E-state index in [0.717, 1.165) is 48.1 Å². The lowest BCUT2D eigenvalue weighted by Crippen LogP contribution is -2.48. The number of rotatable bonds is 5. The van der Waals surface area contributed by atoms with Gasteiger partial charge in [0.2, 0.25) is 5.78 Å². The second-order valence-corrected chi connectivity index (χ2v) is 10.4. The molecule has 2 saturated carbocycles. The van der Waals surface area contributed by atoms with Crippen LogP contribution in [-0.4, -0.2) is 42.6 Å². The van der Waals surface area contributed by atoms with Gasteiger partial charge in [-0.05, 0) is 44.0 Å². The molecule has 0 unspecified atom stereocenters. The van der Waals surface area contributed by atoms with Gasteiger partial charge in [-0.3, -0.25) is 8.97 Å². The van der Waals surface area contributed by atoms with Crippen LogP contribution < -0.4 is 0 Å². The fourth-order valence-electron chi connectivity index (χ4n) is 5.99. The fourth-order valence-corrected chi connectivity index (χ4v) is 5.99. The first-order valence-electron chi connectivity index (χ1n) is 12.0. The van der Waals surface area contributed by atoms with E-state index in [9.17, 15) is 13.2 Å². The molecular formula is C26H29F3N5+. The van der Waals surface area contributed by atoms with Crippen molar-refractivity contribution in [3.05, 3.63) is 58.5 Å². The molecule has 34 heavy (non-hydrogen) atoms. The van der Waals surface area contributed by atoms with Crippen molar-refractivity contribution in [3.8, 4) is 5.69 Å². The Labute approximate surface area is 196 Å². The minimum absolute atomic E-state index is 0.253. The minimum atomic E-state index is -4.53. The number of pyridine rings is 1. The van der Waals surface area contributed by atoms with Crippen molar-refractivity contribution < 1.29 is 17.7 Å². The van der Waals surface area contributed by atoms with Gasteiger partial charge in [-0.25, -0.2) is 9.97 Å². The molecule has 4 aromatic rings. The Morgan fingerprint density at radius 2 is 1.65 bits per heavy atom. The lowest BCUT2D eigenvalue weighted by molar-refractivity contribution is -0.943. The lowest BCUT2D eigenvalue weighted by atomic mass is 10.1. The van der Waals surface area contributed by atoms with Gasteiger partial charge in [-0.15, -0.1) is 0 Å². The van der Waals surface area contributed by atoms with Gasteiger partial charge in [0.05, 0.1) is 30.3 Å². The van der Waals surface area contributed by atoms with Crippen molar-refractivity contribution in [2.45, 2.75) is 71.3 Å². The SMILES string of the molecule is Cc1cc(C)c(-n2c3ncccc3n3c(C[N+](C)(C4CC4)C4CC4)c(C(F)(F)F)nc23)c(C)c1. The zero-order chi connectivity index (χ0) is 24.0. The summed E-state index contributed by atoms with van der Waals surface area (Å²) in [5.41, 5.74) is 4.69. The molecule has 0 aliphatic heterocycles. The first kappa shape index (κ1) is 21.6. The molecule has 2 aliphatic rings. The number of hydrogen-bond acceptors (Lipinski definition) is 2. The molecule has 0 bridgehead atoms. The number of aromatic nitrogens is 4. The second kappa shape index (κ2) is 7.07. The van der Waals surface area contributed by atoms with Gasteiger partial charge in [0, 0.05) is 31.9 Å². The van der Waals surface area contributed by atoms with Gasteiger partial charge in [-0.1, -0.05) is 17.7 Å². The van der Waals surface area contributed by atoms with Crippen LogP contribution in [-0.2, 0) is 12.7 Å². The average molecular weight is 469 g/mol. The first-order chi connectivity index (χ1) is 16.1. The summed E-state index contributed by atoms with van der Waals surface area (Å²) in [5, 5.41) is 0. The summed E-state index contributed by atoms with van der Waals surface area (Å²) in [6.45, 7) is 6.33. The second-order valence-electron chi connectivity index (χ2n) is 10.4. The highest BCUT2D eigenvalue weighted by molar-refractivity contribution is 5.81. The molecule has 0 radical (unpaired) electrons. The van der Waals surface area contributed by atoms with Crippen LogP contribution in [0.15, 0.2) is 30.5 Å². The normalized spacial score (nSPS) is 17.3. The highest BCUT2D eigenvalue weighted by atomic mass is 19.4. The summed E-state index contributed by atoms with van der Waals surface area (Å²) in [7, 11) is 2.14. The summed E-state index contributed by atoms with van der Waals surface area (Å²) >= 11 is 0. The zero-order valence-electron chi connectivity index (χ0n) is 19.9. The molecule has 178 valence electrons. The molecule has 2 fully saturated rings. The van der Waals surface area contributed by atoms with E-state index in [-0.39, 0.29) is 11.5 Å². The van der Waals surface area contributed by atoms with Crippen LogP contribution >= 0.6 is 0 Å². The van der Waals surface area contributed by atoms with Crippen LogP contribution in [0.1, 0.15) is 53.8 Å². The zero-order valence-corrected chi connectivity index (χ0v) is 19.9. The Balaban J connectivity index is 1.69. The highest BCUT2D eigenvalue weighted by Crippen LogP contribution is 2.46. The van der Waals surface area contributed by atoms with Crippen LogP contribution in [0.5, 0.6) is 0 Å². The fraction of sp³-hybridized carbons (Fsp3) is 0.462. The van der Waals surface area contributed by atoms with Crippen molar-refractivity contribution in [1.82, 2.24) is 18.9 Å². The molecule has 0 amide bonds. The van der Waals surface area contributed by atoms with Gasteiger partial charge in [0.1, 0.15) is 12.2 Å². The van der Waals surface area contributed by atoms with Gasteiger partial charge >= 0.3 is 6.18 Å². The molecule has 0 saturated heterocycles. The summed E-state index contributed by atoms with van der Waals surface area (Å²) in [6.07, 6.45) is 1.50. The monoisotopic (exact) mass is 468 g/mol. The Kier molecular flexibility index (Phi) is 4.50. The number of aryl methyl sites for hydroxylation is 3. The predicted molar refractivity (Wildman–Crippen MR) is 125 cm³/mol. The maximum Gasteiger partial charge on any atom is 0.435 e. The molecule has 3 aromatic heterocycles. The molecule has 3 heterocycles. The van der Waals surface area contributed by atoms with Crippen LogP contribution in [0.3, 0.4) is 0 Å². The van der Waals surface area contributed by atoms with Crippen molar-refractivity contribution >= 4 is 16.9 Å². The predicted octanol–water partition coefficient (Wildman–Crippen LogP) is 5.89. The Morgan fingerprint density at radius 3 is 2.21 bits per heavy atom. The largest absolute Gasteiger partial charge is 0.435 e. The summed E-state index contributed by atoms with van der Waals surface area (Å²) < 4.78 is 47.4. The van der Waals surface area contributed by atoms with Gasteiger partial charge < -0.3 is 4.48 Å². The molecule has 5 nitrogen and oxygen atoms in total. The molecule has 6 rings (SSSR count). The number of quaternary nitrogens is 1. The van der Waals surface area contributed by atoms with Crippen LogP contribution in [0.25, 0.3) is 22.6 Å². The highest BCUT2D eigenvalue weighted by Gasteiger charge is 2.53. The third-order valence-electron chi connectivity index (χ3n) is 7.75. The summed E-state index contributed by atoms with van der Waals surface area (Å²) in [6, 6.07) is 8.62. The number of imidazole rings is 2. The maximum absolute atomic E-state index is 14.4. The van der Waals surface area contributed by atoms with E-state index >= 15 is 0 Å². The Hall–Kier alpha value is -2.87. The molecule has 0 spiro atoms. The van der Waals surface area contributed by atoms with E-state index in [4.69, 9.17) is 0 Å². The van der Waals surface area contributed by atoms with Gasteiger partial charge in [0.25, 0.3) is 0 Å². The van der Waals surface area contributed by atoms with Gasteiger partial charge in [-0.2, -0.15) is 13.2 Å². The van der Waals surface area contributed by atoms with Crippen molar-refractivity contribution in [1.29, 1.82) is 0 Å². The minimum Gasteiger partial charge on any atom is -0.316 e. The molecule has 0 atom stereocenters. The van der Waals surface area contributed by atoms with Crippen LogP contribution in [0.2, 0.25) is 0 Å². The van der Waals surface area contributed by atoms with E-state index in [0.29, 0.717) is 34.3 Å². The van der Waals surface area contributed by atoms with E-state index < -0.39 is 11.9 Å². The topological polar surface area (TPSA) is 35.1 Å². The number of fused-ring (bicyclic) bond motifs is 3. The molecule has 8 heteroatoms. The van der Waals surface area contributed by atoms with Crippen LogP contribution in [0, 0.1) is 20.8 Å². The summed E-state index contributed by atoms with van der Waals surface area (Å²) in [4.78, 5) is 8.91. The molecule has 0 N–H and O–H groups in total. The maximum atomic E-state index is 14.4. The third-order valence-corrected chi connectivity index (χ3v) is 7.75. The summed E-state index contributed by atoms with van der Waals surface area (Å²) in [5.74, 6) is 0.282. The van der Waals surface area contributed by atoms with Crippen LogP contribution in [0.4, 0.5) is 13.2 Å². The van der Waals surface area contributed by atoms with Crippen molar-refractivity contribution in [3.63, 3.8) is 0 Å². The molecule has 1 aromatic carbocycles.